The van der Waals surface area contributed by atoms with E-state index >= 15 is 0 Å². The van der Waals surface area contributed by atoms with Gasteiger partial charge in [-0.05, 0) is 57.3 Å². The third-order valence-corrected chi connectivity index (χ3v) is 9.52. The average Bonchev–Trinajstić information content (AvgIpc) is 3.58. The smallest absolute Gasteiger partial charge is 0.365 e. The molecule has 0 aromatic carbocycles. The zero-order valence-corrected chi connectivity index (χ0v) is 24.1. The number of hydrogen-bond acceptors (Lipinski definition) is 10. The topological polar surface area (TPSA) is 122 Å². The minimum Gasteiger partial charge on any atom is -0.365 e. The summed E-state index contributed by atoms with van der Waals surface area (Å²) in [5.41, 5.74) is 5.27. The van der Waals surface area contributed by atoms with Crippen LogP contribution in [-0.4, -0.2) is 43.7 Å². The van der Waals surface area contributed by atoms with Gasteiger partial charge in [-0.1, -0.05) is 26.2 Å². The first-order chi connectivity index (χ1) is 18.8. The number of rotatable bonds is 9. The highest BCUT2D eigenvalue weighted by Crippen LogP contribution is 2.36. The van der Waals surface area contributed by atoms with Gasteiger partial charge in [-0.25, -0.2) is 19.7 Å². The van der Waals surface area contributed by atoms with E-state index in [2.05, 4.69) is 56.8 Å². The van der Waals surface area contributed by atoms with Gasteiger partial charge in [0.1, 0.15) is 10.5 Å². The Morgan fingerprint density at radius 2 is 1.97 bits per heavy atom. The fourth-order valence-corrected chi connectivity index (χ4v) is 6.76. The SMILES string of the molecule is Cc1csc(CN(C)c2nc3nc(C4NOC(=O)N4)nc(N[C@H](C)C4CCC4)c3n2CC2CCC(C)CC2)n1. The van der Waals surface area contributed by atoms with E-state index in [9.17, 15) is 4.79 Å². The Hall–Kier alpha value is -2.99. The lowest BCUT2D eigenvalue weighted by molar-refractivity contribution is 0.120. The number of thiazole rings is 1. The first kappa shape index (κ1) is 26.2. The molecule has 2 saturated carbocycles. The Kier molecular flexibility index (Phi) is 7.32. The van der Waals surface area contributed by atoms with Crippen LogP contribution in [0.2, 0.25) is 0 Å². The zero-order chi connectivity index (χ0) is 27.1. The van der Waals surface area contributed by atoms with Crippen LogP contribution in [0.25, 0.3) is 11.2 Å². The number of carbonyl (C=O) groups excluding carboxylic acids is 1. The summed E-state index contributed by atoms with van der Waals surface area (Å²) in [6.45, 7) is 8.15. The molecule has 3 fully saturated rings. The Morgan fingerprint density at radius 3 is 2.62 bits per heavy atom. The Bertz CT molecular complexity index is 1330. The molecule has 3 aromatic rings. The number of nitrogens with zero attached hydrogens (tertiary/aromatic N) is 6. The first-order valence-corrected chi connectivity index (χ1v) is 15.1. The third-order valence-electron chi connectivity index (χ3n) is 8.57. The maximum absolute atomic E-state index is 11.8. The van der Waals surface area contributed by atoms with E-state index in [1.54, 1.807) is 11.3 Å². The van der Waals surface area contributed by atoms with Crippen molar-refractivity contribution in [2.75, 3.05) is 17.3 Å². The molecule has 1 saturated heterocycles. The van der Waals surface area contributed by atoms with Crippen molar-refractivity contribution < 1.29 is 9.63 Å². The summed E-state index contributed by atoms with van der Waals surface area (Å²) in [7, 11) is 2.07. The van der Waals surface area contributed by atoms with Crippen LogP contribution >= 0.6 is 11.3 Å². The number of amides is 1. The third kappa shape index (κ3) is 5.54. The normalized spacial score (nSPS) is 24.3. The van der Waals surface area contributed by atoms with Crippen LogP contribution in [0.5, 0.6) is 0 Å². The Labute approximate surface area is 233 Å². The van der Waals surface area contributed by atoms with Gasteiger partial charge in [0.05, 0.1) is 6.54 Å². The quantitative estimate of drug-likeness (QED) is 0.340. The molecule has 4 heterocycles. The minimum atomic E-state index is -0.633. The fraction of sp³-hybridized carbons (Fsp3) is 0.667. The molecule has 3 N–H and O–H groups in total. The van der Waals surface area contributed by atoms with Gasteiger partial charge in [0.25, 0.3) is 0 Å². The van der Waals surface area contributed by atoms with Crippen molar-refractivity contribution in [3.63, 3.8) is 0 Å². The monoisotopic (exact) mass is 553 g/mol. The second-order valence-electron chi connectivity index (χ2n) is 11.7. The van der Waals surface area contributed by atoms with Gasteiger partial charge in [0.2, 0.25) is 5.95 Å². The molecule has 2 atom stereocenters. The standard InChI is InChI=1S/C27H39N9O2S/c1-15-8-10-18(11-9-15)12-36-21-22(29-17(3)19-6-5-7-19)30-24(25-33-27(37)38-34-25)31-23(21)32-26(36)35(4)13-20-28-16(2)14-39-20/h14-15,17-19,25,34H,5-13H2,1-4H3,(H,33,37)(H,29,30,31)/t15?,17-,18?,25?/m1/s1. The maximum atomic E-state index is 11.8. The predicted molar refractivity (Wildman–Crippen MR) is 151 cm³/mol. The molecule has 0 spiro atoms. The molecular weight excluding hydrogens is 514 g/mol. The van der Waals surface area contributed by atoms with E-state index in [0.29, 0.717) is 29.9 Å². The maximum Gasteiger partial charge on any atom is 0.427 e. The van der Waals surface area contributed by atoms with Crippen LogP contribution in [0.4, 0.5) is 16.6 Å². The average molecular weight is 554 g/mol. The molecule has 39 heavy (non-hydrogen) atoms. The van der Waals surface area contributed by atoms with Crippen LogP contribution in [0.15, 0.2) is 5.38 Å². The zero-order valence-electron chi connectivity index (χ0n) is 23.2. The van der Waals surface area contributed by atoms with E-state index in [4.69, 9.17) is 19.8 Å². The predicted octanol–water partition coefficient (Wildman–Crippen LogP) is 4.90. The van der Waals surface area contributed by atoms with Crippen molar-refractivity contribution in [2.45, 2.75) is 91.0 Å². The number of aromatic nitrogens is 5. The summed E-state index contributed by atoms with van der Waals surface area (Å²) in [4.78, 5) is 38.4. The molecule has 11 nitrogen and oxygen atoms in total. The van der Waals surface area contributed by atoms with E-state index in [1.807, 2.05) is 6.92 Å². The van der Waals surface area contributed by atoms with Gasteiger partial charge in [-0.3, -0.25) is 5.32 Å². The number of hydroxylamine groups is 1. The molecule has 1 aliphatic heterocycles. The summed E-state index contributed by atoms with van der Waals surface area (Å²) in [5.74, 6) is 4.04. The lowest BCUT2D eigenvalue weighted by Gasteiger charge is -2.32. The molecule has 12 heteroatoms. The van der Waals surface area contributed by atoms with Gasteiger partial charge in [0, 0.05) is 30.7 Å². The van der Waals surface area contributed by atoms with Gasteiger partial charge in [0.15, 0.2) is 23.5 Å². The van der Waals surface area contributed by atoms with Gasteiger partial charge >= 0.3 is 6.09 Å². The largest absolute Gasteiger partial charge is 0.427 e. The molecule has 0 bridgehead atoms. The van der Waals surface area contributed by atoms with Crippen molar-refractivity contribution in [1.82, 2.24) is 35.3 Å². The van der Waals surface area contributed by atoms with Crippen LogP contribution in [0, 0.1) is 24.7 Å². The number of aryl methyl sites for hydroxylation is 1. The highest BCUT2D eigenvalue weighted by Gasteiger charge is 2.32. The fourth-order valence-electron chi connectivity index (χ4n) is 5.93. The molecule has 6 rings (SSSR count). The van der Waals surface area contributed by atoms with Gasteiger partial charge in [-0.2, -0.15) is 4.98 Å². The molecule has 0 radical (unpaired) electrons. The van der Waals surface area contributed by atoms with E-state index in [1.165, 1.54) is 44.9 Å². The Balaban J connectivity index is 1.42. The van der Waals surface area contributed by atoms with Crippen LogP contribution < -0.4 is 21.0 Å². The van der Waals surface area contributed by atoms with Crippen molar-refractivity contribution in [3.05, 3.63) is 21.9 Å². The molecular formula is C27H39N9O2S. The van der Waals surface area contributed by atoms with Crippen molar-refractivity contribution in [3.8, 4) is 0 Å². The number of nitrogens with one attached hydrogen (secondary N) is 3. The molecule has 1 amide bonds. The highest BCUT2D eigenvalue weighted by molar-refractivity contribution is 7.09. The summed E-state index contributed by atoms with van der Waals surface area (Å²) in [6.07, 6.45) is 7.50. The number of fused-ring (bicyclic) bond motifs is 1. The molecule has 3 aromatic heterocycles. The summed E-state index contributed by atoms with van der Waals surface area (Å²) in [5, 5.41) is 9.60. The second kappa shape index (κ2) is 10.9. The van der Waals surface area contributed by atoms with Crippen LogP contribution in [0.1, 0.15) is 81.5 Å². The van der Waals surface area contributed by atoms with E-state index < -0.39 is 12.3 Å². The number of anilines is 2. The van der Waals surface area contributed by atoms with Crippen molar-refractivity contribution in [1.29, 1.82) is 0 Å². The molecule has 3 aliphatic rings. The van der Waals surface area contributed by atoms with Crippen LogP contribution in [0.3, 0.4) is 0 Å². The molecule has 2 aliphatic carbocycles. The van der Waals surface area contributed by atoms with Crippen LogP contribution in [-0.2, 0) is 17.9 Å². The summed E-state index contributed by atoms with van der Waals surface area (Å²) >= 11 is 1.67. The number of hydrogen-bond donors (Lipinski definition) is 3. The van der Waals surface area contributed by atoms with E-state index in [-0.39, 0.29) is 6.04 Å². The van der Waals surface area contributed by atoms with Crippen molar-refractivity contribution >= 4 is 40.4 Å². The van der Waals surface area contributed by atoms with Gasteiger partial charge < -0.3 is 19.6 Å². The summed E-state index contributed by atoms with van der Waals surface area (Å²) in [6, 6.07) is 0.269. The number of imidazole rings is 1. The summed E-state index contributed by atoms with van der Waals surface area (Å²) < 4.78 is 2.33. The van der Waals surface area contributed by atoms with E-state index in [0.717, 1.165) is 40.4 Å². The van der Waals surface area contributed by atoms with Gasteiger partial charge in [-0.15, -0.1) is 16.8 Å². The molecule has 1 unspecified atom stereocenters. The molecule has 210 valence electrons. The number of carbonyl (C=O) groups is 1. The lowest BCUT2D eigenvalue weighted by atomic mass is 9.80. The first-order valence-electron chi connectivity index (χ1n) is 14.2. The highest BCUT2D eigenvalue weighted by atomic mass is 32.1. The Morgan fingerprint density at radius 1 is 1.18 bits per heavy atom. The minimum absolute atomic E-state index is 0.269. The second-order valence-corrected chi connectivity index (χ2v) is 12.6. The van der Waals surface area contributed by atoms with Crippen molar-refractivity contribution in [2.24, 2.45) is 17.8 Å². The lowest BCUT2D eigenvalue weighted by Crippen LogP contribution is -2.32.